The number of carboxylic acids is 1. The van der Waals surface area contributed by atoms with E-state index in [1.807, 2.05) is 30.3 Å². The fourth-order valence-corrected chi connectivity index (χ4v) is 4.72. The Balaban J connectivity index is 0.000000140. The molecule has 2 aliphatic carbocycles. The van der Waals surface area contributed by atoms with Gasteiger partial charge in [0, 0.05) is 0 Å². The molecule has 4 aromatic rings. The highest BCUT2D eigenvalue weighted by Crippen LogP contribution is 2.24. The van der Waals surface area contributed by atoms with Crippen molar-refractivity contribution in [1.82, 2.24) is 0 Å². The monoisotopic (exact) mass is 404 g/mol. The van der Waals surface area contributed by atoms with Crippen molar-refractivity contribution in [3.05, 3.63) is 106 Å². The van der Waals surface area contributed by atoms with Crippen LogP contribution in [0.1, 0.15) is 34.3 Å². The topological polar surface area (TPSA) is 37.3 Å². The lowest BCUT2D eigenvalue weighted by molar-refractivity contribution is 0.0699. The maximum Gasteiger partial charge on any atom is 0.336 e. The quantitative estimate of drug-likeness (QED) is 0.465. The van der Waals surface area contributed by atoms with Crippen LogP contribution in [-0.4, -0.2) is 11.1 Å². The molecule has 0 atom stereocenters. The summed E-state index contributed by atoms with van der Waals surface area (Å²) in [5.41, 5.74) is 6.21. The fourth-order valence-electron chi connectivity index (χ4n) is 4.72. The third kappa shape index (κ3) is 3.66. The Hall–Kier alpha value is -3.65. The van der Waals surface area contributed by atoms with Crippen LogP contribution in [0.5, 0.6) is 0 Å². The predicted molar refractivity (Wildman–Crippen MR) is 128 cm³/mol. The van der Waals surface area contributed by atoms with E-state index in [0.717, 1.165) is 17.2 Å². The molecule has 2 aliphatic rings. The minimum Gasteiger partial charge on any atom is -0.478 e. The normalized spacial score (nSPS) is 13.4. The highest BCUT2D eigenvalue weighted by molar-refractivity contribution is 6.03. The number of hydrogen-bond acceptors (Lipinski definition) is 1. The maximum atomic E-state index is 10.8. The minimum absolute atomic E-state index is 0.359. The van der Waals surface area contributed by atoms with Crippen molar-refractivity contribution in [1.29, 1.82) is 0 Å². The van der Waals surface area contributed by atoms with Crippen LogP contribution < -0.4 is 10.4 Å². The van der Waals surface area contributed by atoms with Crippen molar-refractivity contribution in [3.8, 4) is 11.1 Å². The first-order valence-electron chi connectivity index (χ1n) is 10.8. The predicted octanol–water partition coefficient (Wildman–Crippen LogP) is 5.35. The number of fused-ring (bicyclic) bond motifs is 6. The van der Waals surface area contributed by atoms with Gasteiger partial charge in [-0.1, -0.05) is 84.9 Å². The Labute approximate surface area is 181 Å². The first-order valence-corrected chi connectivity index (χ1v) is 10.8. The summed E-state index contributed by atoms with van der Waals surface area (Å²) in [6.45, 7) is 0. The van der Waals surface area contributed by atoms with Gasteiger partial charge in [0.05, 0.1) is 5.56 Å². The Morgan fingerprint density at radius 1 is 0.710 bits per heavy atom. The summed E-state index contributed by atoms with van der Waals surface area (Å²) in [6, 6.07) is 26.2. The summed E-state index contributed by atoms with van der Waals surface area (Å²) in [4.78, 5) is 10.8. The molecule has 0 amide bonds. The zero-order valence-electron chi connectivity index (χ0n) is 17.3. The smallest absolute Gasteiger partial charge is 0.336 e. The average molecular weight is 405 g/mol. The molecule has 0 heterocycles. The number of carboxylic acid groups (broad SMARTS) is 1. The van der Waals surface area contributed by atoms with Gasteiger partial charge < -0.3 is 5.11 Å². The summed E-state index contributed by atoms with van der Waals surface area (Å²) in [6.07, 6.45) is 9.71. The molecule has 0 radical (unpaired) electrons. The molecule has 2 nitrogen and oxygen atoms in total. The van der Waals surface area contributed by atoms with Crippen LogP contribution in [0.3, 0.4) is 0 Å². The van der Waals surface area contributed by atoms with E-state index in [9.17, 15) is 4.79 Å². The fraction of sp³-hybridized carbons (Fsp3) is 0.138. The van der Waals surface area contributed by atoms with Gasteiger partial charge in [-0.3, -0.25) is 0 Å². The van der Waals surface area contributed by atoms with Crippen molar-refractivity contribution in [2.45, 2.75) is 25.7 Å². The summed E-state index contributed by atoms with van der Waals surface area (Å²) in [5, 5.41) is 13.6. The molecule has 0 saturated carbocycles. The van der Waals surface area contributed by atoms with E-state index in [2.05, 4.69) is 48.6 Å². The molecule has 0 bridgehead atoms. The average Bonchev–Trinajstić information content (AvgIpc) is 2.83. The van der Waals surface area contributed by atoms with Crippen LogP contribution in [0.2, 0.25) is 0 Å². The summed E-state index contributed by atoms with van der Waals surface area (Å²) in [5.74, 6) is -0.878. The van der Waals surface area contributed by atoms with Crippen LogP contribution in [0, 0.1) is 0 Å². The standard InChI is InChI=1S/C18H16.C11H8O2/c1-3-7-15-13(5-1)9-11-18-16-8-4-2-6-14(16)10-12-17(15)18;12-11(13)10-7-3-5-8-4-1-2-6-9(8)10/h1,3,5,7-8,10-12H,2,4,6,9H2;1-7H,(H,12,13). The third-order valence-electron chi connectivity index (χ3n) is 6.23. The Kier molecular flexibility index (Phi) is 5.13. The largest absolute Gasteiger partial charge is 0.478 e. The molecule has 0 aliphatic heterocycles. The second kappa shape index (κ2) is 8.23. The van der Waals surface area contributed by atoms with Gasteiger partial charge in [0.15, 0.2) is 0 Å². The van der Waals surface area contributed by atoms with Crippen molar-refractivity contribution < 1.29 is 9.90 Å². The molecule has 6 rings (SSSR count). The van der Waals surface area contributed by atoms with E-state index >= 15 is 0 Å². The summed E-state index contributed by atoms with van der Waals surface area (Å²) >= 11 is 0. The second-order valence-electron chi connectivity index (χ2n) is 8.09. The third-order valence-corrected chi connectivity index (χ3v) is 6.23. The van der Waals surface area contributed by atoms with E-state index in [0.29, 0.717) is 5.56 Å². The van der Waals surface area contributed by atoms with Crippen molar-refractivity contribution in [2.24, 2.45) is 0 Å². The van der Waals surface area contributed by atoms with Gasteiger partial charge in [0.1, 0.15) is 0 Å². The van der Waals surface area contributed by atoms with E-state index in [-0.39, 0.29) is 0 Å². The van der Waals surface area contributed by atoms with Crippen LogP contribution in [0.4, 0.5) is 0 Å². The number of benzene rings is 4. The molecule has 0 spiro atoms. The number of hydrogen-bond donors (Lipinski definition) is 1. The van der Waals surface area contributed by atoms with E-state index in [4.69, 9.17) is 5.11 Å². The second-order valence-corrected chi connectivity index (χ2v) is 8.09. The Morgan fingerprint density at radius 2 is 1.52 bits per heavy atom. The minimum atomic E-state index is -0.878. The highest BCUT2D eigenvalue weighted by atomic mass is 16.4. The molecule has 0 saturated heterocycles. The van der Waals surface area contributed by atoms with Crippen molar-refractivity contribution >= 4 is 28.9 Å². The number of carbonyl (C=O) groups is 1. The van der Waals surface area contributed by atoms with E-state index < -0.39 is 5.97 Å². The highest BCUT2D eigenvalue weighted by Gasteiger charge is 2.13. The molecule has 1 N–H and O–H groups in total. The van der Waals surface area contributed by atoms with Gasteiger partial charge >= 0.3 is 5.97 Å². The van der Waals surface area contributed by atoms with Crippen LogP contribution in [-0.2, 0) is 12.8 Å². The van der Waals surface area contributed by atoms with E-state index in [1.165, 1.54) is 52.0 Å². The summed E-state index contributed by atoms with van der Waals surface area (Å²) < 4.78 is 0. The Bertz CT molecular complexity index is 1410. The molecule has 31 heavy (non-hydrogen) atoms. The zero-order chi connectivity index (χ0) is 21.2. The van der Waals surface area contributed by atoms with Gasteiger partial charge in [-0.15, -0.1) is 0 Å². The molecular weight excluding hydrogens is 380 g/mol. The molecule has 4 aromatic carbocycles. The zero-order valence-corrected chi connectivity index (χ0v) is 17.3. The molecule has 0 fully saturated rings. The number of aryl methyl sites for hydroxylation is 1. The SMILES string of the molecule is C1=c2c(ccc3c2=CCc2ccccc2-3)CCC1.O=C(O)c1cccc2ccccc12. The number of aromatic carboxylic acids is 1. The van der Waals surface area contributed by atoms with Crippen molar-refractivity contribution in [3.63, 3.8) is 0 Å². The molecule has 2 heteroatoms. The molecule has 0 unspecified atom stereocenters. The number of rotatable bonds is 1. The summed E-state index contributed by atoms with van der Waals surface area (Å²) in [7, 11) is 0. The molecule has 152 valence electrons. The van der Waals surface area contributed by atoms with Gasteiger partial charge in [0.2, 0.25) is 0 Å². The lowest BCUT2D eigenvalue weighted by Gasteiger charge is -2.17. The first-order chi connectivity index (χ1) is 15.2. The van der Waals surface area contributed by atoms with Crippen LogP contribution in [0.25, 0.3) is 34.1 Å². The van der Waals surface area contributed by atoms with Crippen molar-refractivity contribution in [2.75, 3.05) is 0 Å². The van der Waals surface area contributed by atoms with E-state index in [1.54, 1.807) is 12.1 Å². The van der Waals surface area contributed by atoms with Gasteiger partial charge in [0.25, 0.3) is 0 Å². The van der Waals surface area contributed by atoms with Gasteiger partial charge in [-0.2, -0.15) is 0 Å². The lowest BCUT2D eigenvalue weighted by Crippen LogP contribution is -2.33. The lowest BCUT2D eigenvalue weighted by atomic mass is 9.87. The van der Waals surface area contributed by atoms with Crippen LogP contribution >= 0.6 is 0 Å². The van der Waals surface area contributed by atoms with Gasteiger partial charge in [-0.05, 0) is 75.2 Å². The Morgan fingerprint density at radius 3 is 2.42 bits per heavy atom. The molecule has 0 aromatic heterocycles. The first kappa shape index (κ1) is 19.3. The molecular formula is C29H24O2. The maximum absolute atomic E-state index is 10.8. The van der Waals surface area contributed by atoms with Gasteiger partial charge in [-0.25, -0.2) is 4.79 Å². The van der Waals surface area contributed by atoms with Crippen LogP contribution in [0.15, 0.2) is 78.9 Å².